The number of ketones is 1. The summed E-state index contributed by atoms with van der Waals surface area (Å²) in [6, 6.07) is -1.69. The number of nitrogens with zero attached hydrogens (tertiary/aromatic N) is 2. The predicted octanol–water partition coefficient (Wildman–Crippen LogP) is 5.22. The van der Waals surface area contributed by atoms with Crippen molar-refractivity contribution in [2.75, 3.05) is 40.3 Å². The van der Waals surface area contributed by atoms with Crippen LogP contribution in [0.15, 0.2) is 0 Å². The van der Waals surface area contributed by atoms with Crippen molar-refractivity contribution in [2.24, 2.45) is 16.7 Å². The van der Waals surface area contributed by atoms with Crippen molar-refractivity contribution in [3.63, 3.8) is 0 Å². The lowest BCUT2D eigenvalue weighted by molar-refractivity contribution is -0.138. The molecule has 4 unspecified atom stereocenters. The van der Waals surface area contributed by atoms with Gasteiger partial charge in [-0.1, -0.05) is 108 Å². The van der Waals surface area contributed by atoms with Crippen LogP contribution in [0.25, 0.3) is 0 Å². The number of urea groups is 1. The van der Waals surface area contributed by atoms with E-state index in [9.17, 15) is 24.0 Å². The molecule has 12 nitrogen and oxygen atoms in total. The van der Waals surface area contributed by atoms with Gasteiger partial charge in [0.05, 0.1) is 12.1 Å². The summed E-state index contributed by atoms with van der Waals surface area (Å²) in [5.41, 5.74) is -0.672. The molecule has 1 saturated heterocycles. The van der Waals surface area contributed by atoms with E-state index in [0.717, 1.165) is 31.7 Å². The molecule has 0 bridgehead atoms. The Morgan fingerprint density at radius 1 is 0.922 bits per heavy atom. The number of aldehydes is 1. The Balaban J connectivity index is -0.000000984. The summed E-state index contributed by atoms with van der Waals surface area (Å²) in [4.78, 5) is 60.6. The molecule has 1 heterocycles. The number of carbonyl (C=O) groups excluding carboxylic acids is 5. The van der Waals surface area contributed by atoms with Gasteiger partial charge >= 0.3 is 6.03 Å². The van der Waals surface area contributed by atoms with Crippen LogP contribution in [0.3, 0.4) is 0 Å². The van der Waals surface area contributed by atoms with Crippen molar-refractivity contribution in [2.45, 2.75) is 159 Å². The summed E-state index contributed by atoms with van der Waals surface area (Å²) in [6.45, 7) is 31.0. The van der Waals surface area contributed by atoms with E-state index in [2.05, 4.69) is 94.8 Å². The van der Waals surface area contributed by atoms with Crippen molar-refractivity contribution in [1.29, 1.82) is 0 Å². The van der Waals surface area contributed by atoms with Crippen LogP contribution in [-0.4, -0.2) is 110 Å². The molecule has 51 heavy (non-hydrogen) atoms. The molecule has 0 aromatic heterocycles. The van der Waals surface area contributed by atoms with Gasteiger partial charge in [0.2, 0.25) is 11.7 Å². The summed E-state index contributed by atoms with van der Waals surface area (Å²) in [5, 5.41) is 14.3. The predicted molar refractivity (Wildman–Crippen MR) is 216 cm³/mol. The van der Waals surface area contributed by atoms with Crippen molar-refractivity contribution >= 4 is 42.7 Å². The zero-order valence-electron chi connectivity index (χ0n) is 35.3. The number of likely N-dealkylation sites (N-methyl/N-ethyl adjacent to an activating group) is 2. The third-order valence-electron chi connectivity index (χ3n) is 8.08. The van der Waals surface area contributed by atoms with Gasteiger partial charge in [0.15, 0.2) is 0 Å². The minimum absolute atomic E-state index is 0.139. The Morgan fingerprint density at radius 2 is 1.43 bits per heavy atom. The number of carbonyl (C=O) groups is 5. The first-order valence-electron chi connectivity index (χ1n) is 19.0. The van der Waals surface area contributed by atoms with Crippen LogP contribution in [0.4, 0.5) is 4.79 Å². The van der Waals surface area contributed by atoms with Crippen LogP contribution < -0.4 is 26.6 Å². The average Bonchev–Trinajstić information content (AvgIpc) is 3.70. The lowest BCUT2D eigenvalue weighted by Crippen LogP contribution is -2.60. The van der Waals surface area contributed by atoms with Crippen molar-refractivity contribution in [3.8, 4) is 0 Å². The summed E-state index contributed by atoms with van der Waals surface area (Å²) in [5.74, 6) is -0.109. The molecule has 2 aliphatic rings. The molecule has 13 heteroatoms. The number of nitrogens with one attached hydrogen (secondary N) is 5. The maximum Gasteiger partial charge on any atom is 0.315 e. The summed E-state index contributed by atoms with van der Waals surface area (Å²) in [6.07, 6.45) is 6.53. The van der Waals surface area contributed by atoms with Gasteiger partial charge in [-0.25, -0.2) is 9.10 Å². The molecular weight excluding hydrogens is 667 g/mol. The maximum absolute atomic E-state index is 13.2. The number of hydrogen-bond donors (Lipinski definition) is 6. The summed E-state index contributed by atoms with van der Waals surface area (Å²) in [7, 11) is 3.06. The molecule has 4 amide bonds. The topological polar surface area (TPSA) is 152 Å². The first kappa shape index (κ1) is 53.1. The highest BCUT2D eigenvalue weighted by Gasteiger charge is 2.40. The fourth-order valence-corrected chi connectivity index (χ4v) is 4.34. The highest BCUT2D eigenvalue weighted by molar-refractivity contribution is 7.77. The molecule has 4 atom stereocenters. The molecule has 0 spiro atoms. The molecule has 2 fully saturated rings. The minimum atomic E-state index is -0.722. The van der Waals surface area contributed by atoms with E-state index in [1.54, 1.807) is 18.9 Å². The van der Waals surface area contributed by atoms with E-state index in [1.807, 2.05) is 38.9 Å². The van der Waals surface area contributed by atoms with Gasteiger partial charge in [0, 0.05) is 45.3 Å². The Hall–Kier alpha value is -2.22. The number of likely N-dealkylation sites (tertiary alicyclic amines) is 1. The molecule has 302 valence electrons. The molecule has 0 radical (unpaired) electrons. The molecule has 5 N–H and O–H groups in total. The third kappa shape index (κ3) is 24.6. The van der Waals surface area contributed by atoms with Crippen LogP contribution in [0.1, 0.15) is 129 Å². The van der Waals surface area contributed by atoms with E-state index >= 15 is 0 Å². The van der Waals surface area contributed by atoms with Gasteiger partial charge < -0.3 is 36.3 Å². The van der Waals surface area contributed by atoms with Crippen molar-refractivity contribution in [3.05, 3.63) is 0 Å². The zero-order chi connectivity index (χ0) is 40.5. The average molecular weight is 746 g/mol. The lowest BCUT2D eigenvalue weighted by atomic mass is 9.85. The Morgan fingerprint density at radius 3 is 1.80 bits per heavy atom. The Labute approximate surface area is 318 Å². The summed E-state index contributed by atoms with van der Waals surface area (Å²) >= 11 is 4.45. The normalized spacial score (nSPS) is 17.0. The molecule has 0 aromatic rings. The van der Waals surface area contributed by atoms with E-state index in [1.165, 1.54) is 26.3 Å². The second-order valence-electron chi connectivity index (χ2n) is 15.5. The Bertz CT molecular complexity index is 981. The number of thiol groups is 1. The van der Waals surface area contributed by atoms with E-state index in [-0.39, 0.29) is 23.4 Å². The fourth-order valence-electron chi connectivity index (χ4n) is 4.24. The van der Waals surface area contributed by atoms with E-state index < -0.39 is 35.2 Å². The van der Waals surface area contributed by atoms with Gasteiger partial charge in [-0.2, -0.15) is 0 Å². The van der Waals surface area contributed by atoms with Crippen LogP contribution in [0.2, 0.25) is 0 Å². The van der Waals surface area contributed by atoms with E-state index in [0.29, 0.717) is 25.6 Å². The van der Waals surface area contributed by atoms with Crippen LogP contribution in [0.5, 0.6) is 0 Å². The van der Waals surface area contributed by atoms with Gasteiger partial charge in [0.1, 0.15) is 12.3 Å². The second kappa shape index (κ2) is 28.3. The second-order valence-corrected chi connectivity index (χ2v) is 16.0. The first-order chi connectivity index (χ1) is 23.6. The highest BCUT2D eigenvalue weighted by Crippen LogP contribution is 2.27. The van der Waals surface area contributed by atoms with Gasteiger partial charge in [0.25, 0.3) is 5.91 Å². The SMILES string of the molecule is CC.CC(C)N(S)CCNCC(NC(=O)NC(C(=O)N1CCCC1C=O)C(C)(C)C)C(C)(C)C.CC1CC1.CCC.CNC(=O)C(=O)C(C)NC. The standard InChI is InChI=1S/C23H45N5O3S.C6H12N2O2.C4H8.C3H8.C2H6/c1-16(2)28(32)13-11-24-14-18(22(3,4)5)25-21(31)26-19(23(6,7)8)20(30)27-12-9-10-17(27)15-29;1-4(7-2)5(9)6(10)8-3;1-4-2-3-4;1-3-2;1-2/h15-19,24,32H,9-14H2,1-8H3,(H2,25,26,31);4,7H,1-3H3,(H,8,10);4H,2-3H2,1H3;3H2,1-2H3;1-2H3. The largest absolute Gasteiger partial charge is 0.353 e. The highest BCUT2D eigenvalue weighted by atomic mass is 32.1. The first-order valence-corrected chi connectivity index (χ1v) is 19.4. The number of rotatable bonds is 13. The minimum Gasteiger partial charge on any atom is -0.353 e. The summed E-state index contributed by atoms with van der Waals surface area (Å²) < 4.78 is 1.96. The number of hydrogen-bond acceptors (Lipinski definition) is 9. The fraction of sp³-hybridized carbons (Fsp3) is 0.868. The molecule has 1 aliphatic carbocycles. The van der Waals surface area contributed by atoms with Crippen LogP contribution in [-0.2, 0) is 19.2 Å². The quantitative estimate of drug-likeness (QED) is 0.0651. The smallest absolute Gasteiger partial charge is 0.315 e. The monoisotopic (exact) mass is 746 g/mol. The van der Waals surface area contributed by atoms with Crippen LogP contribution >= 0.6 is 12.8 Å². The van der Waals surface area contributed by atoms with Gasteiger partial charge in [-0.15, -0.1) is 0 Å². The molecule has 0 aromatic carbocycles. The van der Waals surface area contributed by atoms with E-state index in [4.69, 9.17) is 0 Å². The van der Waals surface area contributed by atoms with Crippen molar-refractivity contribution in [1.82, 2.24) is 35.8 Å². The third-order valence-corrected chi connectivity index (χ3v) is 8.75. The molecule has 1 aliphatic heterocycles. The molecule has 2 rings (SSSR count). The maximum atomic E-state index is 13.2. The molecule has 1 saturated carbocycles. The number of Topliss-reactive ketones (excluding diaryl/α,β-unsaturated/α-hetero) is 1. The molecular formula is C38H79N7O5S. The van der Waals surface area contributed by atoms with Crippen LogP contribution in [0, 0.1) is 16.7 Å². The Kier molecular flexibility index (Phi) is 29.5. The lowest BCUT2D eigenvalue weighted by Gasteiger charge is -2.36. The zero-order valence-corrected chi connectivity index (χ0v) is 36.2. The van der Waals surface area contributed by atoms with Gasteiger partial charge in [-0.05, 0) is 57.4 Å². The number of amides is 4. The van der Waals surface area contributed by atoms with Gasteiger partial charge in [-0.3, -0.25) is 14.4 Å². The van der Waals surface area contributed by atoms with Crippen molar-refractivity contribution < 1.29 is 24.0 Å².